The fraction of sp³-hybridized carbons (Fsp3) is 0.467. The molecule has 0 unspecified atom stereocenters. The molecule has 1 rings (SSSR count). The van der Waals surface area contributed by atoms with Crippen LogP contribution in [0.1, 0.15) is 27.2 Å². The van der Waals surface area contributed by atoms with E-state index < -0.39 is 5.41 Å². The molecule has 0 aliphatic carbocycles. The highest BCUT2D eigenvalue weighted by Crippen LogP contribution is 2.24. The Morgan fingerprint density at radius 1 is 1.27 bits per heavy atom. The summed E-state index contributed by atoms with van der Waals surface area (Å²) in [5.41, 5.74) is 6.28. The Kier molecular flexibility index (Phi) is 7.73. The zero-order chi connectivity index (χ0) is 16.0. The predicted molar refractivity (Wildman–Crippen MR) is 90.4 cm³/mol. The third-order valence-electron chi connectivity index (χ3n) is 2.85. The van der Waals surface area contributed by atoms with Crippen LogP contribution in [0.4, 0.5) is 11.4 Å². The van der Waals surface area contributed by atoms with Crippen molar-refractivity contribution < 1.29 is 14.3 Å². The van der Waals surface area contributed by atoms with Crippen LogP contribution in [0, 0.1) is 5.41 Å². The Bertz CT molecular complexity index is 527. The number of halogens is 1. The van der Waals surface area contributed by atoms with E-state index in [0.717, 1.165) is 0 Å². The normalized spacial score (nSPS) is 10.4. The Hall–Kier alpha value is -1.95. The van der Waals surface area contributed by atoms with Crippen molar-refractivity contribution in [2.24, 2.45) is 5.41 Å². The van der Waals surface area contributed by atoms with E-state index in [1.54, 1.807) is 25.3 Å². The molecule has 22 heavy (non-hydrogen) atoms. The Labute approximate surface area is 137 Å². The molecule has 1 aromatic rings. The summed E-state index contributed by atoms with van der Waals surface area (Å²) in [4.78, 5) is 23.5. The minimum Gasteiger partial charge on any atom is -0.497 e. The standard InChI is InChI=1S/C15H23N3O3.ClH/c1-15(2,3)14(20)17-8-7-13(19)18-12-9-10(21-4)5-6-11(12)16;/h5-6,9H,7-8,16H2,1-4H3,(H,17,20)(H,18,19);1H. The third kappa shape index (κ3) is 6.22. The summed E-state index contributed by atoms with van der Waals surface area (Å²) in [7, 11) is 1.54. The van der Waals surface area contributed by atoms with Gasteiger partial charge in [-0.2, -0.15) is 0 Å². The number of carbonyl (C=O) groups excluding carboxylic acids is 2. The summed E-state index contributed by atoms with van der Waals surface area (Å²) in [6, 6.07) is 5.03. The van der Waals surface area contributed by atoms with Crippen molar-refractivity contribution in [3.05, 3.63) is 18.2 Å². The summed E-state index contributed by atoms with van der Waals surface area (Å²) in [5.74, 6) is 0.306. The first-order valence-electron chi connectivity index (χ1n) is 6.75. The zero-order valence-electron chi connectivity index (χ0n) is 13.4. The molecule has 0 saturated carbocycles. The minimum absolute atomic E-state index is 0. The molecule has 0 heterocycles. The van der Waals surface area contributed by atoms with Gasteiger partial charge in [0.05, 0.1) is 18.5 Å². The second-order valence-electron chi connectivity index (χ2n) is 5.76. The van der Waals surface area contributed by atoms with Crippen molar-refractivity contribution in [2.45, 2.75) is 27.2 Å². The number of nitrogens with one attached hydrogen (secondary N) is 2. The van der Waals surface area contributed by atoms with Crippen LogP contribution in [0.25, 0.3) is 0 Å². The van der Waals surface area contributed by atoms with Gasteiger partial charge >= 0.3 is 0 Å². The van der Waals surface area contributed by atoms with Gasteiger partial charge in [-0.15, -0.1) is 12.4 Å². The van der Waals surface area contributed by atoms with E-state index in [1.165, 1.54) is 0 Å². The lowest BCUT2D eigenvalue weighted by atomic mass is 9.96. The second kappa shape index (κ2) is 8.48. The van der Waals surface area contributed by atoms with E-state index in [2.05, 4.69) is 10.6 Å². The molecular weight excluding hydrogens is 306 g/mol. The molecule has 7 heteroatoms. The van der Waals surface area contributed by atoms with Crippen LogP contribution in [-0.4, -0.2) is 25.5 Å². The summed E-state index contributed by atoms with van der Waals surface area (Å²) in [5, 5.41) is 5.42. The van der Waals surface area contributed by atoms with E-state index >= 15 is 0 Å². The largest absolute Gasteiger partial charge is 0.497 e. The Morgan fingerprint density at radius 3 is 2.45 bits per heavy atom. The molecule has 6 nitrogen and oxygen atoms in total. The number of carbonyl (C=O) groups is 2. The van der Waals surface area contributed by atoms with Gasteiger partial charge in [0.25, 0.3) is 0 Å². The van der Waals surface area contributed by atoms with Gasteiger partial charge < -0.3 is 21.1 Å². The van der Waals surface area contributed by atoms with Gasteiger partial charge in [-0.05, 0) is 12.1 Å². The van der Waals surface area contributed by atoms with Crippen molar-refractivity contribution in [1.29, 1.82) is 0 Å². The van der Waals surface area contributed by atoms with Crippen LogP contribution < -0.4 is 21.1 Å². The minimum atomic E-state index is -0.465. The number of benzene rings is 1. The highest BCUT2D eigenvalue weighted by Gasteiger charge is 2.20. The molecule has 2 amide bonds. The fourth-order valence-electron chi connectivity index (χ4n) is 1.54. The first-order valence-corrected chi connectivity index (χ1v) is 6.75. The molecule has 0 radical (unpaired) electrons. The molecule has 0 aromatic heterocycles. The molecule has 4 N–H and O–H groups in total. The number of hydrogen-bond acceptors (Lipinski definition) is 4. The highest BCUT2D eigenvalue weighted by atomic mass is 35.5. The molecule has 0 spiro atoms. The highest BCUT2D eigenvalue weighted by molar-refractivity contribution is 5.94. The van der Waals surface area contributed by atoms with Gasteiger partial charge in [-0.25, -0.2) is 0 Å². The average Bonchev–Trinajstić information content (AvgIpc) is 2.40. The first kappa shape index (κ1) is 20.1. The summed E-state index contributed by atoms with van der Waals surface area (Å²) in [6.07, 6.45) is 0.179. The quantitative estimate of drug-likeness (QED) is 0.722. The monoisotopic (exact) mass is 329 g/mol. The number of hydrogen-bond donors (Lipinski definition) is 3. The zero-order valence-corrected chi connectivity index (χ0v) is 14.2. The number of amides is 2. The number of nitrogens with two attached hydrogens (primary N) is 1. The maximum atomic E-state index is 11.8. The molecule has 0 fully saturated rings. The van der Waals surface area contributed by atoms with Crippen LogP contribution in [0.15, 0.2) is 18.2 Å². The third-order valence-corrected chi connectivity index (χ3v) is 2.85. The van der Waals surface area contributed by atoms with E-state index in [4.69, 9.17) is 10.5 Å². The van der Waals surface area contributed by atoms with Gasteiger partial charge in [0.2, 0.25) is 11.8 Å². The van der Waals surface area contributed by atoms with E-state index in [1.807, 2.05) is 20.8 Å². The van der Waals surface area contributed by atoms with Gasteiger partial charge in [-0.3, -0.25) is 9.59 Å². The van der Waals surface area contributed by atoms with Crippen LogP contribution in [-0.2, 0) is 9.59 Å². The Balaban J connectivity index is 0.00000441. The maximum Gasteiger partial charge on any atom is 0.226 e. The lowest BCUT2D eigenvalue weighted by Crippen LogP contribution is -2.36. The van der Waals surface area contributed by atoms with Crippen molar-refractivity contribution in [1.82, 2.24) is 5.32 Å². The van der Waals surface area contributed by atoms with Crippen molar-refractivity contribution in [2.75, 3.05) is 24.7 Å². The van der Waals surface area contributed by atoms with E-state index in [9.17, 15) is 9.59 Å². The number of nitrogen functional groups attached to an aromatic ring is 1. The average molecular weight is 330 g/mol. The first-order chi connectivity index (χ1) is 9.74. The van der Waals surface area contributed by atoms with Crippen LogP contribution in [0.3, 0.4) is 0 Å². The van der Waals surface area contributed by atoms with Gasteiger partial charge in [0.1, 0.15) is 5.75 Å². The fourth-order valence-corrected chi connectivity index (χ4v) is 1.54. The molecule has 0 saturated heterocycles. The molecule has 0 aliphatic rings. The van der Waals surface area contributed by atoms with Crippen molar-refractivity contribution in [3.63, 3.8) is 0 Å². The number of rotatable bonds is 5. The summed E-state index contributed by atoms with van der Waals surface area (Å²) in [6.45, 7) is 5.74. The Morgan fingerprint density at radius 2 is 1.91 bits per heavy atom. The molecule has 0 bridgehead atoms. The molecule has 0 atom stereocenters. The molecule has 0 aliphatic heterocycles. The number of methoxy groups -OCH3 is 1. The van der Waals surface area contributed by atoms with Gasteiger partial charge in [-0.1, -0.05) is 20.8 Å². The SMILES string of the molecule is COc1ccc(N)c(NC(=O)CCNC(=O)C(C)(C)C)c1.Cl. The topological polar surface area (TPSA) is 93.4 Å². The van der Waals surface area contributed by atoms with Crippen molar-refractivity contribution >= 4 is 35.6 Å². The van der Waals surface area contributed by atoms with E-state index in [-0.39, 0.29) is 37.2 Å². The van der Waals surface area contributed by atoms with Gasteiger partial charge in [0, 0.05) is 24.4 Å². The van der Waals surface area contributed by atoms with Crippen LogP contribution in [0.5, 0.6) is 5.75 Å². The molecule has 1 aromatic carbocycles. The summed E-state index contributed by atoms with van der Waals surface area (Å²) >= 11 is 0. The lowest BCUT2D eigenvalue weighted by Gasteiger charge is -2.17. The summed E-state index contributed by atoms with van der Waals surface area (Å²) < 4.78 is 5.08. The number of anilines is 2. The number of ether oxygens (including phenoxy) is 1. The van der Waals surface area contributed by atoms with E-state index in [0.29, 0.717) is 17.1 Å². The van der Waals surface area contributed by atoms with Crippen LogP contribution in [0.2, 0.25) is 0 Å². The van der Waals surface area contributed by atoms with Crippen LogP contribution >= 0.6 is 12.4 Å². The molecule has 124 valence electrons. The van der Waals surface area contributed by atoms with Crippen molar-refractivity contribution in [3.8, 4) is 5.75 Å². The maximum absolute atomic E-state index is 11.8. The second-order valence-corrected chi connectivity index (χ2v) is 5.76. The van der Waals surface area contributed by atoms with Gasteiger partial charge in [0.15, 0.2) is 0 Å². The molecular formula is C15H24ClN3O3. The smallest absolute Gasteiger partial charge is 0.226 e. The predicted octanol–water partition coefficient (Wildman–Crippen LogP) is 2.19. The lowest BCUT2D eigenvalue weighted by molar-refractivity contribution is -0.128.